The SMILES string of the molecule is O=C(Nc1cccc(Cl)c1Cl)c1nn2c(C(F)(F)F)nnc2s1. The lowest BCUT2D eigenvalue weighted by atomic mass is 10.3. The second-order valence-electron chi connectivity index (χ2n) is 4.18. The van der Waals surface area contributed by atoms with Crippen molar-refractivity contribution in [3.63, 3.8) is 0 Å². The van der Waals surface area contributed by atoms with Gasteiger partial charge in [-0.25, -0.2) is 0 Å². The van der Waals surface area contributed by atoms with Crippen LogP contribution in [0.3, 0.4) is 0 Å². The maximum atomic E-state index is 12.7. The minimum atomic E-state index is -4.72. The Morgan fingerprint density at radius 3 is 2.70 bits per heavy atom. The minimum Gasteiger partial charge on any atom is -0.318 e. The van der Waals surface area contributed by atoms with Crippen molar-refractivity contribution in [3.05, 3.63) is 39.1 Å². The van der Waals surface area contributed by atoms with Crippen LogP contribution < -0.4 is 5.32 Å². The summed E-state index contributed by atoms with van der Waals surface area (Å²) in [5.41, 5.74) is 0.214. The zero-order chi connectivity index (χ0) is 16.8. The lowest BCUT2D eigenvalue weighted by Gasteiger charge is -2.06. The molecule has 0 unspecified atom stereocenters. The normalized spacial score (nSPS) is 11.9. The average Bonchev–Trinajstić information content (AvgIpc) is 3.02. The van der Waals surface area contributed by atoms with Crippen molar-refractivity contribution < 1.29 is 18.0 Å². The molecule has 0 saturated heterocycles. The summed E-state index contributed by atoms with van der Waals surface area (Å²) in [5.74, 6) is -2.04. The fraction of sp³-hybridized carbons (Fsp3) is 0.0909. The molecule has 0 atom stereocenters. The summed E-state index contributed by atoms with van der Waals surface area (Å²) in [6.07, 6.45) is -4.72. The van der Waals surface area contributed by atoms with Crippen molar-refractivity contribution in [2.45, 2.75) is 6.18 Å². The van der Waals surface area contributed by atoms with Gasteiger partial charge in [0.05, 0.1) is 15.7 Å². The molecule has 3 rings (SSSR count). The summed E-state index contributed by atoms with van der Waals surface area (Å²) in [6.45, 7) is 0. The second kappa shape index (κ2) is 5.62. The van der Waals surface area contributed by atoms with Crippen LogP contribution in [0.15, 0.2) is 18.2 Å². The smallest absolute Gasteiger partial charge is 0.318 e. The monoisotopic (exact) mass is 381 g/mol. The Kier molecular flexibility index (Phi) is 3.90. The van der Waals surface area contributed by atoms with E-state index in [1.807, 2.05) is 0 Å². The lowest BCUT2D eigenvalue weighted by molar-refractivity contribution is -0.146. The quantitative estimate of drug-likeness (QED) is 0.733. The summed E-state index contributed by atoms with van der Waals surface area (Å²) in [4.78, 5) is 11.9. The molecule has 1 amide bonds. The Balaban J connectivity index is 1.93. The maximum Gasteiger partial charge on any atom is 0.453 e. The number of fused-ring (bicyclic) bond motifs is 1. The van der Waals surface area contributed by atoms with Gasteiger partial charge in [-0.15, -0.1) is 15.3 Å². The Morgan fingerprint density at radius 1 is 1.26 bits per heavy atom. The van der Waals surface area contributed by atoms with Gasteiger partial charge in [0, 0.05) is 0 Å². The maximum absolute atomic E-state index is 12.7. The number of rotatable bonds is 2. The summed E-state index contributed by atoms with van der Waals surface area (Å²) in [5, 5.41) is 12.5. The van der Waals surface area contributed by atoms with E-state index in [2.05, 4.69) is 20.6 Å². The van der Waals surface area contributed by atoms with Crippen molar-refractivity contribution in [1.82, 2.24) is 19.8 Å². The van der Waals surface area contributed by atoms with Crippen molar-refractivity contribution in [1.29, 1.82) is 0 Å². The molecule has 0 bridgehead atoms. The molecule has 23 heavy (non-hydrogen) atoms. The molecular weight excluding hydrogens is 378 g/mol. The van der Waals surface area contributed by atoms with Gasteiger partial charge >= 0.3 is 6.18 Å². The van der Waals surface area contributed by atoms with E-state index in [0.29, 0.717) is 15.9 Å². The molecule has 0 aliphatic heterocycles. The van der Waals surface area contributed by atoms with Crippen LogP contribution in [0.25, 0.3) is 4.96 Å². The van der Waals surface area contributed by atoms with E-state index in [-0.39, 0.29) is 25.7 Å². The molecule has 1 aromatic carbocycles. The van der Waals surface area contributed by atoms with Crippen molar-refractivity contribution in [2.75, 3.05) is 5.32 Å². The number of alkyl halides is 3. The van der Waals surface area contributed by atoms with Gasteiger partial charge in [-0.2, -0.15) is 17.7 Å². The van der Waals surface area contributed by atoms with Crippen LogP contribution in [0.5, 0.6) is 0 Å². The van der Waals surface area contributed by atoms with Crippen molar-refractivity contribution >= 4 is 51.1 Å². The number of halogens is 5. The molecule has 2 heterocycles. The van der Waals surface area contributed by atoms with Crippen LogP contribution in [-0.4, -0.2) is 25.7 Å². The number of amides is 1. The van der Waals surface area contributed by atoms with Crippen LogP contribution in [0.1, 0.15) is 15.6 Å². The van der Waals surface area contributed by atoms with E-state index in [1.54, 1.807) is 6.07 Å². The number of benzene rings is 1. The number of hydrogen-bond acceptors (Lipinski definition) is 5. The first-order valence-corrected chi connectivity index (χ1v) is 7.39. The Morgan fingerprint density at radius 2 is 2.00 bits per heavy atom. The lowest BCUT2D eigenvalue weighted by Crippen LogP contribution is -2.15. The summed E-state index contributed by atoms with van der Waals surface area (Å²) in [7, 11) is 0. The highest BCUT2D eigenvalue weighted by Crippen LogP contribution is 2.31. The molecule has 0 aliphatic rings. The molecule has 120 valence electrons. The van der Waals surface area contributed by atoms with Gasteiger partial charge in [0.2, 0.25) is 9.97 Å². The first-order valence-electron chi connectivity index (χ1n) is 5.82. The van der Waals surface area contributed by atoms with E-state index in [1.165, 1.54) is 12.1 Å². The van der Waals surface area contributed by atoms with E-state index in [9.17, 15) is 18.0 Å². The molecule has 3 aromatic rings. The van der Waals surface area contributed by atoms with E-state index < -0.39 is 17.9 Å². The van der Waals surface area contributed by atoms with Gasteiger partial charge in [-0.1, -0.05) is 40.6 Å². The number of anilines is 1. The standard InChI is InChI=1S/C11H4Cl2F3N5OS/c12-4-2-1-3-5(6(4)13)17-7(22)8-20-21-9(11(14,15)16)18-19-10(21)23-8/h1-3H,(H,17,22). The predicted octanol–water partition coefficient (Wildman–Crippen LogP) is 3.76. The molecule has 0 saturated carbocycles. The van der Waals surface area contributed by atoms with Gasteiger partial charge in [0.25, 0.3) is 11.7 Å². The topological polar surface area (TPSA) is 72.2 Å². The van der Waals surface area contributed by atoms with Crippen LogP contribution in [0.2, 0.25) is 10.0 Å². The van der Waals surface area contributed by atoms with Crippen LogP contribution in [0, 0.1) is 0 Å². The molecule has 6 nitrogen and oxygen atoms in total. The number of carbonyl (C=O) groups excluding carboxylic acids is 1. The number of nitrogens with zero attached hydrogens (tertiary/aromatic N) is 4. The Bertz CT molecular complexity index is 907. The number of hydrogen-bond donors (Lipinski definition) is 1. The van der Waals surface area contributed by atoms with Crippen LogP contribution >= 0.6 is 34.5 Å². The van der Waals surface area contributed by atoms with Gasteiger partial charge in [-0.3, -0.25) is 4.79 Å². The average molecular weight is 382 g/mol. The summed E-state index contributed by atoms with van der Waals surface area (Å²) in [6, 6.07) is 4.58. The Labute approximate surface area is 139 Å². The van der Waals surface area contributed by atoms with E-state index in [4.69, 9.17) is 23.2 Å². The van der Waals surface area contributed by atoms with Crippen LogP contribution in [-0.2, 0) is 6.18 Å². The third-order valence-corrected chi connectivity index (χ3v) is 4.35. The number of aromatic nitrogens is 4. The number of carbonyl (C=O) groups is 1. The van der Waals surface area contributed by atoms with E-state index in [0.717, 1.165) is 0 Å². The third-order valence-electron chi connectivity index (χ3n) is 2.64. The fourth-order valence-electron chi connectivity index (χ4n) is 1.66. The molecule has 0 aliphatic carbocycles. The summed E-state index contributed by atoms with van der Waals surface area (Å²) >= 11 is 12.4. The van der Waals surface area contributed by atoms with Crippen molar-refractivity contribution in [3.8, 4) is 0 Å². The first kappa shape index (κ1) is 16.0. The zero-order valence-electron chi connectivity index (χ0n) is 10.7. The van der Waals surface area contributed by atoms with Gasteiger partial charge in [-0.05, 0) is 12.1 Å². The fourth-order valence-corrected chi connectivity index (χ4v) is 2.74. The third kappa shape index (κ3) is 2.96. The number of nitrogens with one attached hydrogen (secondary N) is 1. The molecule has 2 aromatic heterocycles. The molecule has 12 heteroatoms. The summed E-state index contributed by atoms with van der Waals surface area (Å²) < 4.78 is 38.6. The first-order chi connectivity index (χ1) is 10.8. The highest BCUT2D eigenvalue weighted by molar-refractivity contribution is 7.18. The molecule has 1 N–H and O–H groups in total. The zero-order valence-corrected chi connectivity index (χ0v) is 13.1. The molecule has 0 spiro atoms. The molecular formula is C11H4Cl2F3N5OS. The molecule has 0 fully saturated rings. The highest BCUT2D eigenvalue weighted by atomic mass is 35.5. The largest absolute Gasteiger partial charge is 0.453 e. The van der Waals surface area contributed by atoms with Crippen molar-refractivity contribution in [2.24, 2.45) is 0 Å². The minimum absolute atomic E-state index is 0.112. The Hall–Kier alpha value is -1.91. The highest BCUT2D eigenvalue weighted by Gasteiger charge is 2.38. The second-order valence-corrected chi connectivity index (χ2v) is 5.92. The van der Waals surface area contributed by atoms with Gasteiger partial charge in [0.15, 0.2) is 0 Å². The molecule has 0 radical (unpaired) electrons. The van der Waals surface area contributed by atoms with Crippen LogP contribution in [0.4, 0.5) is 18.9 Å². The predicted molar refractivity (Wildman–Crippen MR) is 78.1 cm³/mol. The van der Waals surface area contributed by atoms with E-state index >= 15 is 0 Å². The van der Waals surface area contributed by atoms with Gasteiger partial charge in [0.1, 0.15) is 0 Å². The van der Waals surface area contributed by atoms with Gasteiger partial charge < -0.3 is 5.32 Å².